The summed E-state index contributed by atoms with van der Waals surface area (Å²) < 4.78 is 5.42. The van der Waals surface area contributed by atoms with Crippen LogP contribution in [0, 0.1) is 6.92 Å². The topological polar surface area (TPSA) is 45.1 Å². The van der Waals surface area contributed by atoms with Crippen LogP contribution in [0.25, 0.3) is 11.1 Å². The molecule has 2 aliphatic heterocycles. The van der Waals surface area contributed by atoms with E-state index in [0.29, 0.717) is 10.1 Å². The molecule has 38 heavy (non-hydrogen) atoms. The number of methoxy groups -OCH3 is 1. The fourth-order valence-electron chi connectivity index (χ4n) is 4.42. The van der Waals surface area contributed by atoms with Gasteiger partial charge in [-0.15, -0.1) is 0 Å². The van der Waals surface area contributed by atoms with Crippen LogP contribution in [0.2, 0.25) is 0 Å². The van der Waals surface area contributed by atoms with Crippen molar-refractivity contribution in [3.05, 3.63) is 113 Å². The Hall–Kier alpha value is -3.94. The Kier molecular flexibility index (Phi) is 6.47. The number of hydrogen-bond acceptors (Lipinski definition) is 6. The van der Waals surface area contributed by atoms with Crippen molar-refractivity contribution in [2.75, 3.05) is 24.0 Å². The number of aryl methyl sites for hydroxylation is 1. The summed E-state index contributed by atoms with van der Waals surface area (Å²) in [4.78, 5) is 24.4. The molecule has 0 atom stereocenters. The van der Waals surface area contributed by atoms with Crippen LogP contribution in [0.15, 0.2) is 117 Å². The number of rotatable bonds is 4. The molecule has 0 bridgehead atoms. The van der Waals surface area contributed by atoms with E-state index in [4.69, 9.17) is 9.73 Å². The molecule has 0 aliphatic carbocycles. The van der Waals surface area contributed by atoms with Crippen molar-refractivity contribution in [2.24, 2.45) is 4.99 Å². The Balaban J connectivity index is 1.39. The molecule has 1 fully saturated rings. The summed E-state index contributed by atoms with van der Waals surface area (Å²) in [6.07, 6.45) is 0. The molecule has 1 amide bonds. The molecule has 0 spiro atoms. The maximum atomic E-state index is 13.9. The maximum absolute atomic E-state index is 13.9. The highest BCUT2D eigenvalue weighted by molar-refractivity contribution is 8.20. The Morgan fingerprint density at radius 1 is 0.816 bits per heavy atom. The Morgan fingerprint density at radius 3 is 2.24 bits per heavy atom. The van der Waals surface area contributed by atoms with Gasteiger partial charge in [0.25, 0.3) is 5.91 Å². The number of benzene rings is 4. The monoisotopic (exact) mass is 535 g/mol. The van der Waals surface area contributed by atoms with Crippen molar-refractivity contribution in [1.82, 2.24) is 0 Å². The molecule has 7 heteroatoms. The molecule has 0 saturated carbocycles. The van der Waals surface area contributed by atoms with E-state index in [1.807, 2.05) is 86.8 Å². The maximum Gasteiger partial charge on any atom is 0.274 e. The van der Waals surface area contributed by atoms with Gasteiger partial charge in [-0.3, -0.25) is 9.69 Å². The molecule has 0 unspecified atom stereocenters. The van der Waals surface area contributed by atoms with E-state index in [0.717, 1.165) is 49.4 Å². The Bertz CT molecular complexity index is 1580. The van der Waals surface area contributed by atoms with Gasteiger partial charge < -0.3 is 9.64 Å². The summed E-state index contributed by atoms with van der Waals surface area (Å²) in [5, 5.41) is 1.53. The molecule has 2 heterocycles. The molecule has 2 aliphatic rings. The van der Waals surface area contributed by atoms with E-state index in [1.54, 1.807) is 23.8 Å². The van der Waals surface area contributed by atoms with E-state index >= 15 is 0 Å². The van der Waals surface area contributed by atoms with Crippen molar-refractivity contribution < 1.29 is 9.53 Å². The molecule has 0 radical (unpaired) electrons. The van der Waals surface area contributed by atoms with Gasteiger partial charge in [-0.2, -0.15) is 0 Å². The van der Waals surface area contributed by atoms with Gasteiger partial charge in [-0.1, -0.05) is 71.9 Å². The van der Waals surface area contributed by atoms with Crippen LogP contribution in [0.3, 0.4) is 0 Å². The number of anilines is 2. The summed E-state index contributed by atoms with van der Waals surface area (Å²) in [6.45, 7) is 2.04. The zero-order valence-corrected chi connectivity index (χ0v) is 22.8. The van der Waals surface area contributed by atoms with Gasteiger partial charge in [-0.05, 0) is 66.2 Å². The smallest absolute Gasteiger partial charge is 0.274 e. The quantitative estimate of drug-likeness (QED) is 0.249. The lowest BCUT2D eigenvalue weighted by Gasteiger charge is -2.17. The first-order valence-electron chi connectivity index (χ1n) is 12.2. The number of amidine groups is 1. The SMILES string of the molecule is COc1ccc2c(c1)N(C)/C(=C1/SC(=Nc3ccc(-c4ccccc4)cc3)N(c3ccc(C)cc3)C1=O)S2. The van der Waals surface area contributed by atoms with Crippen LogP contribution in [-0.2, 0) is 4.79 Å². The first-order valence-corrected chi connectivity index (χ1v) is 13.8. The number of amides is 1. The minimum Gasteiger partial charge on any atom is -0.497 e. The number of carbonyl (C=O) groups is 1. The fraction of sp³-hybridized carbons (Fsp3) is 0.0968. The van der Waals surface area contributed by atoms with Gasteiger partial charge in [0, 0.05) is 18.0 Å². The minimum atomic E-state index is -0.0763. The molecular weight excluding hydrogens is 510 g/mol. The van der Waals surface area contributed by atoms with E-state index in [-0.39, 0.29) is 5.91 Å². The second-order valence-corrected chi connectivity index (χ2v) is 11.0. The highest BCUT2D eigenvalue weighted by Gasteiger charge is 2.40. The zero-order valence-electron chi connectivity index (χ0n) is 21.2. The molecule has 6 rings (SSSR count). The zero-order chi connectivity index (χ0) is 26.2. The normalized spacial score (nSPS) is 17.9. The van der Waals surface area contributed by atoms with Gasteiger partial charge in [0.15, 0.2) is 5.17 Å². The summed E-state index contributed by atoms with van der Waals surface area (Å²) in [5.41, 5.74) is 6.03. The summed E-state index contributed by atoms with van der Waals surface area (Å²) in [5.74, 6) is 0.711. The first kappa shape index (κ1) is 24.4. The molecule has 4 aromatic rings. The number of carbonyl (C=O) groups excluding carboxylic acids is 1. The number of aliphatic imine (C=N–C) groups is 1. The molecular formula is C31H25N3O2S2. The third-order valence-corrected chi connectivity index (χ3v) is 8.90. The van der Waals surface area contributed by atoms with Crippen LogP contribution in [-0.4, -0.2) is 25.2 Å². The first-order chi connectivity index (χ1) is 18.5. The van der Waals surface area contributed by atoms with Gasteiger partial charge in [0.05, 0.1) is 29.2 Å². The number of thioether (sulfide) groups is 2. The van der Waals surface area contributed by atoms with Gasteiger partial charge in [-0.25, -0.2) is 4.99 Å². The van der Waals surface area contributed by atoms with Crippen molar-refractivity contribution in [1.29, 1.82) is 0 Å². The van der Waals surface area contributed by atoms with Crippen molar-refractivity contribution >= 4 is 51.7 Å². The van der Waals surface area contributed by atoms with E-state index in [9.17, 15) is 4.79 Å². The van der Waals surface area contributed by atoms with Crippen LogP contribution >= 0.6 is 23.5 Å². The lowest BCUT2D eigenvalue weighted by Crippen LogP contribution is -2.29. The predicted molar refractivity (Wildman–Crippen MR) is 160 cm³/mol. The number of nitrogens with zero attached hydrogens (tertiary/aromatic N) is 3. The third-order valence-electron chi connectivity index (χ3n) is 6.51. The highest BCUT2D eigenvalue weighted by Crippen LogP contribution is 2.51. The molecule has 5 nitrogen and oxygen atoms in total. The predicted octanol–water partition coefficient (Wildman–Crippen LogP) is 7.85. The van der Waals surface area contributed by atoms with Gasteiger partial charge in [0.2, 0.25) is 0 Å². The lowest BCUT2D eigenvalue weighted by molar-refractivity contribution is -0.113. The Labute approximate surface area is 230 Å². The summed E-state index contributed by atoms with van der Waals surface area (Å²) >= 11 is 3.01. The van der Waals surface area contributed by atoms with Crippen LogP contribution in [0.5, 0.6) is 5.75 Å². The standard InChI is InChI=1S/C31H25N3O2S2/c1-20-9-15-24(16-10-20)34-29(35)28(30-33(2)26-19-25(36-3)17-18-27(26)37-30)38-31(34)32-23-13-11-22(12-14-23)21-7-5-4-6-8-21/h4-19H,1-3H3/b30-28-,32-31?. The molecule has 188 valence electrons. The van der Waals surface area contributed by atoms with E-state index < -0.39 is 0 Å². The van der Waals surface area contributed by atoms with Crippen molar-refractivity contribution in [3.63, 3.8) is 0 Å². The van der Waals surface area contributed by atoms with E-state index in [1.165, 1.54) is 11.8 Å². The second-order valence-electron chi connectivity index (χ2n) is 9.01. The Morgan fingerprint density at radius 2 is 1.53 bits per heavy atom. The molecule has 0 aromatic heterocycles. The molecule has 0 N–H and O–H groups in total. The molecule has 4 aromatic carbocycles. The van der Waals surface area contributed by atoms with Crippen molar-refractivity contribution in [2.45, 2.75) is 11.8 Å². The fourth-order valence-corrected chi connectivity index (χ4v) is 6.75. The lowest BCUT2D eigenvalue weighted by atomic mass is 10.1. The third kappa shape index (κ3) is 4.48. The number of fused-ring (bicyclic) bond motifs is 1. The van der Waals surface area contributed by atoms with Crippen molar-refractivity contribution in [3.8, 4) is 16.9 Å². The van der Waals surface area contributed by atoms with Gasteiger partial charge >= 0.3 is 0 Å². The minimum absolute atomic E-state index is 0.0763. The van der Waals surface area contributed by atoms with Gasteiger partial charge in [0.1, 0.15) is 10.7 Å². The second kappa shape index (κ2) is 10.1. The van der Waals surface area contributed by atoms with Crippen LogP contribution in [0.4, 0.5) is 17.1 Å². The average Bonchev–Trinajstić information content (AvgIpc) is 3.45. The summed E-state index contributed by atoms with van der Waals surface area (Å²) in [7, 11) is 3.65. The number of hydrogen-bond donors (Lipinski definition) is 0. The van der Waals surface area contributed by atoms with E-state index in [2.05, 4.69) is 29.2 Å². The average molecular weight is 536 g/mol. The molecule has 1 saturated heterocycles. The van der Waals surface area contributed by atoms with Crippen LogP contribution in [0.1, 0.15) is 5.56 Å². The number of ether oxygens (including phenoxy) is 1. The highest BCUT2D eigenvalue weighted by atomic mass is 32.2. The van der Waals surface area contributed by atoms with Crippen LogP contribution < -0.4 is 14.5 Å². The largest absolute Gasteiger partial charge is 0.497 e. The summed E-state index contributed by atoms with van der Waals surface area (Å²) in [6, 6.07) is 32.3.